The first-order valence-electron chi connectivity index (χ1n) is 11.4. The lowest BCUT2D eigenvalue weighted by Crippen LogP contribution is -2.46. The van der Waals surface area contributed by atoms with E-state index in [0.717, 1.165) is 50.5 Å². The molecule has 3 heterocycles. The van der Waals surface area contributed by atoms with E-state index in [4.69, 9.17) is 4.98 Å². The van der Waals surface area contributed by atoms with Crippen molar-refractivity contribution in [1.82, 2.24) is 24.0 Å². The second-order valence-corrected chi connectivity index (χ2v) is 8.25. The van der Waals surface area contributed by atoms with E-state index in [2.05, 4.69) is 21.7 Å². The number of nitrogens with one attached hydrogen (secondary N) is 1. The Bertz CT molecular complexity index is 1270. The number of aromatic amines is 1. The second kappa shape index (κ2) is 9.57. The van der Waals surface area contributed by atoms with E-state index in [0.29, 0.717) is 30.8 Å². The molecule has 1 aliphatic rings. The maximum atomic E-state index is 12.6. The molecule has 1 N–H and O–H groups in total. The Labute approximate surface area is 190 Å². The highest BCUT2D eigenvalue weighted by atomic mass is 16.6. The van der Waals surface area contributed by atoms with E-state index >= 15 is 0 Å². The SMILES string of the molecule is CCCCn1c(=O)[nH]c(=O)c2c1nc(CN1CCN(c3cccc([N+](=O)[O-])c3)CC1)n2CC. The molecular formula is C22H29N7O4. The molecule has 11 heteroatoms. The summed E-state index contributed by atoms with van der Waals surface area (Å²) in [5.41, 5.74) is 1.00. The molecule has 0 atom stereocenters. The molecule has 1 saturated heterocycles. The minimum absolute atomic E-state index is 0.0888. The van der Waals surface area contributed by atoms with Crippen molar-refractivity contribution < 1.29 is 4.92 Å². The van der Waals surface area contributed by atoms with Crippen LogP contribution >= 0.6 is 0 Å². The van der Waals surface area contributed by atoms with E-state index in [-0.39, 0.29) is 10.6 Å². The van der Waals surface area contributed by atoms with Crippen molar-refractivity contribution in [2.45, 2.75) is 46.3 Å². The number of non-ortho nitro benzene ring substituents is 1. The van der Waals surface area contributed by atoms with E-state index in [1.807, 2.05) is 17.6 Å². The number of hydrogen-bond donors (Lipinski definition) is 1. The van der Waals surface area contributed by atoms with Crippen LogP contribution in [0.15, 0.2) is 33.9 Å². The normalized spacial score (nSPS) is 14.8. The molecule has 0 aliphatic carbocycles. The van der Waals surface area contributed by atoms with Crippen LogP contribution in [0.25, 0.3) is 11.2 Å². The number of rotatable bonds is 8. The summed E-state index contributed by atoms with van der Waals surface area (Å²) >= 11 is 0. The molecule has 0 radical (unpaired) electrons. The number of hydrogen-bond acceptors (Lipinski definition) is 7. The van der Waals surface area contributed by atoms with Gasteiger partial charge in [0.15, 0.2) is 11.2 Å². The zero-order valence-corrected chi connectivity index (χ0v) is 19.0. The van der Waals surface area contributed by atoms with Gasteiger partial charge in [-0.2, -0.15) is 0 Å². The van der Waals surface area contributed by atoms with Crippen LogP contribution in [0.2, 0.25) is 0 Å². The van der Waals surface area contributed by atoms with Gasteiger partial charge >= 0.3 is 5.69 Å². The zero-order chi connectivity index (χ0) is 23.5. The van der Waals surface area contributed by atoms with Gasteiger partial charge in [0.05, 0.1) is 11.5 Å². The van der Waals surface area contributed by atoms with Crippen molar-refractivity contribution >= 4 is 22.5 Å². The summed E-state index contributed by atoms with van der Waals surface area (Å²) in [6.07, 6.45) is 1.76. The van der Waals surface area contributed by atoms with E-state index in [1.165, 1.54) is 6.07 Å². The summed E-state index contributed by atoms with van der Waals surface area (Å²) in [6, 6.07) is 6.70. The molecule has 0 amide bonds. The lowest BCUT2D eigenvalue weighted by molar-refractivity contribution is -0.384. The zero-order valence-electron chi connectivity index (χ0n) is 19.0. The monoisotopic (exact) mass is 455 g/mol. The van der Waals surface area contributed by atoms with Crippen LogP contribution in [-0.2, 0) is 19.6 Å². The highest BCUT2D eigenvalue weighted by Gasteiger charge is 2.23. The molecular weight excluding hydrogens is 426 g/mol. The first-order valence-corrected chi connectivity index (χ1v) is 11.4. The number of aromatic nitrogens is 4. The van der Waals surface area contributed by atoms with Crippen LogP contribution in [0.5, 0.6) is 0 Å². The Kier molecular flexibility index (Phi) is 6.59. The van der Waals surface area contributed by atoms with Gasteiger partial charge in [-0.05, 0) is 19.4 Å². The molecule has 1 aromatic carbocycles. The number of nitro groups is 1. The number of aryl methyl sites for hydroxylation is 2. The van der Waals surface area contributed by atoms with Crippen molar-refractivity contribution in [3.63, 3.8) is 0 Å². The van der Waals surface area contributed by atoms with Crippen molar-refractivity contribution in [2.24, 2.45) is 0 Å². The van der Waals surface area contributed by atoms with Crippen LogP contribution in [-0.4, -0.2) is 55.1 Å². The van der Waals surface area contributed by atoms with Gasteiger partial charge in [-0.15, -0.1) is 0 Å². The Hall–Kier alpha value is -3.47. The number of anilines is 1. The number of imidazole rings is 1. The van der Waals surface area contributed by atoms with Gasteiger partial charge < -0.3 is 9.47 Å². The first kappa shape index (κ1) is 22.7. The maximum absolute atomic E-state index is 12.6. The largest absolute Gasteiger partial charge is 0.369 e. The third kappa shape index (κ3) is 4.54. The third-order valence-electron chi connectivity index (χ3n) is 6.16. The third-order valence-corrected chi connectivity index (χ3v) is 6.16. The van der Waals surface area contributed by atoms with Crippen LogP contribution in [0.3, 0.4) is 0 Å². The number of benzene rings is 1. The fourth-order valence-electron chi connectivity index (χ4n) is 4.37. The molecule has 11 nitrogen and oxygen atoms in total. The van der Waals surface area contributed by atoms with Gasteiger partial charge in [0.2, 0.25) is 0 Å². The van der Waals surface area contributed by atoms with Crippen molar-refractivity contribution in [2.75, 3.05) is 31.1 Å². The highest BCUT2D eigenvalue weighted by molar-refractivity contribution is 5.71. The number of nitro benzene ring substituents is 1. The molecule has 0 bridgehead atoms. The Balaban J connectivity index is 1.54. The lowest BCUT2D eigenvalue weighted by Gasteiger charge is -2.35. The van der Waals surface area contributed by atoms with Crippen LogP contribution in [0, 0.1) is 10.1 Å². The smallest absolute Gasteiger partial charge is 0.330 e. The standard InChI is InChI=1S/C22H29N7O4/c1-3-5-9-28-20-19(21(30)24-22(28)31)27(4-2)18(23-20)15-25-10-12-26(13-11-25)16-7-6-8-17(14-16)29(32)33/h6-8,14H,3-5,9-13,15H2,1-2H3,(H,24,30,31). The van der Waals surface area contributed by atoms with Crippen LogP contribution in [0.1, 0.15) is 32.5 Å². The van der Waals surface area contributed by atoms with E-state index in [1.54, 1.807) is 16.7 Å². The summed E-state index contributed by atoms with van der Waals surface area (Å²) in [5.74, 6) is 0.762. The fraction of sp³-hybridized carbons (Fsp3) is 0.500. The Morgan fingerprint density at radius 3 is 2.55 bits per heavy atom. The predicted molar refractivity (Wildman–Crippen MR) is 126 cm³/mol. The summed E-state index contributed by atoms with van der Waals surface area (Å²) in [5, 5.41) is 11.1. The molecule has 1 aliphatic heterocycles. The Morgan fingerprint density at radius 1 is 1.12 bits per heavy atom. The number of unbranched alkanes of at least 4 members (excludes halogenated alkanes) is 1. The van der Waals surface area contributed by atoms with E-state index < -0.39 is 11.2 Å². The van der Waals surface area contributed by atoms with Crippen molar-refractivity contribution in [3.8, 4) is 0 Å². The number of nitrogens with zero attached hydrogens (tertiary/aromatic N) is 6. The van der Waals surface area contributed by atoms with Crippen molar-refractivity contribution in [3.05, 3.63) is 61.0 Å². The number of piperazine rings is 1. The average molecular weight is 456 g/mol. The first-order chi connectivity index (χ1) is 15.9. The summed E-state index contributed by atoms with van der Waals surface area (Å²) in [6.45, 7) is 8.66. The molecule has 2 aromatic heterocycles. The molecule has 4 rings (SSSR count). The number of H-pyrrole nitrogens is 1. The minimum Gasteiger partial charge on any atom is -0.369 e. The topological polar surface area (TPSA) is 122 Å². The summed E-state index contributed by atoms with van der Waals surface area (Å²) in [4.78, 5) is 47.3. The molecule has 3 aromatic rings. The second-order valence-electron chi connectivity index (χ2n) is 8.25. The van der Waals surface area contributed by atoms with E-state index in [9.17, 15) is 19.7 Å². The van der Waals surface area contributed by atoms with Gasteiger partial charge in [-0.3, -0.25) is 29.4 Å². The van der Waals surface area contributed by atoms with Crippen LogP contribution in [0.4, 0.5) is 11.4 Å². The maximum Gasteiger partial charge on any atom is 0.330 e. The average Bonchev–Trinajstić information content (AvgIpc) is 3.18. The molecule has 33 heavy (non-hydrogen) atoms. The summed E-state index contributed by atoms with van der Waals surface area (Å²) in [7, 11) is 0. The fourth-order valence-corrected chi connectivity index (χ4v) is 4.37. The quantitative estimate of drug-likeness (QED) is 0.407. The highest BCUT2D eigenvalue weighted by Crippen LogP contribution is 2.23. The van der Waals surface area contributed by atoms with Gasteiger partial charge in [0, 0.05) is 57.1 Å². The number of fused-ring (bicyclic) bond motifs is 1. The lowest BCUT2D eigenvalue weighted by atomic mass is 10.2. The molecule has 176 valence electrons. The van der Waals surface area contributed by atoms with Crippen molar-refractivity contribution in [1.29, 1.82) is 0 Å². The molecule has 0 saturated carbocycles. The molecule has 0 unspecified atom stereocenters. The van der Waals surface area contributed by atoms with Gasteiger partial charge in [0.1, 0.15) is 5.82 Å². The van der Waals surface area contributed by atoms with Crippen LogP contribution < -0.4 is 16.1 Å². The summed E-state index contributed by atoms with van der Waals surface area (Å²) < 4.78 is 3.46. The minimum atomic E-state index is -0.418. The Morgan fingerprint density at radius 2 is 1.88 bits per heavy atom. The van der Waals surface area contributed by atoms with Gasteiger partial charge in [0.25, 0.3) is 11.2 Å². The van der Waals surface area contributed by atoms with Gasteiger partial charge in [-0.25, -0.2) is 9.78 Å². The van der Waals surface area contributed by atoms with Gasteiger partial charge in [-0.1, -0.05) is 19.4 Å². The molecule has 1 fully saturated rings. The predicted octanol–water partition coefficient (Wildman–Crippen LogP) is 1.94. The molecule has 0 spiro atoms.